The summed E-state index contributed by atoms with van der Waals surface area (Å²) in [6.45, 7) is 1.96. The smallest absolute Gasteiger partial charge is 0.351 e. The van der Waals surface area contributed by atoms with E-state index in [1.54, 1.807) is 24.0 Å². The third-order valence-corrected chi connectivity index (χ3v) is 3.04. The lowest BCUT2D eigenvalue weighted by molar-refractivity contribution is 0.0236. The molecule has 2 heterocycles. The van der Waals surface area contributed by atoms with Crippen LogP contribution in [0.4, 0.5) is 5.82 Å². The lowest BCUT2D eigenvalue weighted by Crippen LogP contribution is -2.28. The SMILES string of the molecule is C[C@@H]1OC(n2ccc(N)nc2=O)CS1. The molecule has 0 bridgehead atoms. The third kappa shape index (κ3) is 1.76. The number of thioether (sulfide) groups is 1. The number of nitrogen functional groups attached to an aromatic ring is 1. The van der Waals surface area contributed by atoms with Gasteiger partial charge in [-0.05, 0) is 13.0 Å². The average molecular weight is 213 g/mol. The lowest BCUT2D eigenvalue weighted by Gasteiger charge is -2.12. The number of anilines is 1. The molecule has 0 aliphatic carbocycles. The molecule has 1 unspecified atom stereocenters. The van der Waals surface area contributed by atoms with Crippen molar-refractivity contribution >= 4 is 17.6 Å². The van der Waals surface area contributed by atoms with Crippen molar-refractivity contribution in [2.75, 3.05) is 11.5 Å². The Kier molecular flexibility index (Phi) is 2.47. The summed E-state index contributed by atoms with van der Waals surface area (Å²) in [7, 11) is 0. The second kappa shape index (κ2) is 3.62. The summed E-state index contributed by atoms with van der Waals surface area (Å²) in [5.41, 5.74) is 5.16. The average Bonchev–Trinajstić information content (AvgIpc) is 2.51. The lowest BCUT2D eigenvalue weighted by atomic mass is 10.5. The molecular formula is C8H11N3O2S. The van der Waals surface area contributed by atoms with Gasteiger partial charge in [0, 0.05) is 11.9 Å². The fraction of sp³-hybridized carbons (Fsp3) is 0.500. The van der Waals surface area contributed by atoms with Crippen LogP contribution in [0.15, 0.2) is 17.1 Å². The number of ether oxygens (including phenoxy) is 1. The van der Waals surface area contributed by atoms with E-state index >= 15 is 0 Å². The van der Waals surface area contributed by atoms with E-state index in [2.05, 4.69) is 4.98 Å². The van der Waals surface area contributed by atoms with Gasteiger partial charge in [0.1, 0.15) is 17.5 Å². The number of hydrogen-bond donors (Lipinski definition) is 1. The molecule has 76 valence electrons. The van der Waals surface area contributed by atoms with Gasteiger partial charge in [-0.2, -0.15) is 4.98 Å². The van der Waals surface area contributed by atoms with Gasteiger partial charge in [0.05, 0.1) is 0 Å². The predicted molar refractivity (Wildman–Crippen MR) is 55.0 cm³/mol. The molecule has 2 rings (SSSR count). The standard InChI is InChI=1S/C8H11N3O2S/c1-5-13-7(4-14-5)11-3-2-6(9)10-8(11)12/h2-3,5,7H,4H2,1H3,(H2,9,10,12)/t5-,7?/m1/s1. The zero-order valence-corrected chi connectivity index (χ0v) is 8.53. The molecule has 0 radical (unpaired) electrons. The van der Waals surface area contributed by atoms with Gasteiger partial charge in [0.2, 0.25) is 0 Å². The highest BCUT2D eigenvalue weighted by molar-refractivity contribution is 7.99. The van der Waals surface area contributed by atoms with Gasteiger partial charge >= 0.3 is 5.69 Å². The summed E-state index contributed by atoms with van der Waals surface area (Å²) in [4.78, 5) is 15.1. The summed E-state index contributed by atoms with van der Waals surface area (Å²) >= 11 is 1.67. The van der Waals surface area contributed by atoms with Crippen LogP contribution in [0.5, 0.6) is 0 Å². The van der Waals surface area contributed by atoms with E-state index in [0.29, 0.717) is 0 Å². The van der Waals surface area contributed by atoms with E-state index in [-0.39, 0.29) is 23.2 Å². The van der Waals surface area contributed by atoms with Crippen molar-refractivity contribution in [2.45, 2.75) is 18.6 Å². The largest absolute Gasteiger partial charge is 0.383 e. The van der Waals surface area contributed by atoms with Crippen LogP contribution in [0.2, 0.25) is 0 Å². The van der Waals surface area contributed by atoms with Crippen LogP contribution in [-0.2, 0) is 4.74 Å². The summed E-state index contributed by atoms with van der Waals surface area (Å²) in [6, 6.07) is 1.60. The highest BCUT2D eigenvalue weighted by Gasteiger charge is 2.24. The van der Waals surface area contributed by atoms with Gasteiger partial charge in [-0.25, -0.2) is 4.79 Å². The zero-order chi connectivity index (χ0) is 10.1. The molecule has 2 N–H and O–H groups in total. The van der Waals surface area contributed by atoms with E-state index < -0.39 is 0 Å². The first kappa shape index (κ1) is 9.54. The van der Waals surface area contributed by atoms with E-state index in [4.69, 9.17) is 10.5 Å². The summed E-state index contributed by atoms with van der Waals surface area (Å²) in [5, 5.41) is 0. The molecule has 1 saturated heterocycles. The summed E-state index contributed by atoms with van der Waals surface area (Å²) < 4.78 is 6.98. The Morgan fingerprint density at radius 1 is 1.79 bits per heavy atom. The van der Waals surface area contributed by atoms with E-state index in [0.717, 1.165) is 5.75 Å². The Bertz CT molecular complexity index is 392. The maximum absolute atomic E-state index is 11.4. The van der Waals surface area contributed by atoms with Crippen molar-refractivity contribution in [1.29, 1.82) is 0 Å². The molecule has 1 aromatic rings. The molecule has 1 aromatic heterocycles. The van der Waals surface area contributed by atoms with Crippen molar-refractivity contribution in [1.82, 2.24) is 9.55 Å². The summed E-state index contributed by atoms with van der Waals surface area (Å²) in [6.07, 6.45) is 1.41. The maximum Gasteiger partial charge on any atom is 0.351 e. The quantitative estimate of drug-likeness (QED) is 0.732. The van der Waals surface area contributed by atoms with Crippen molar-refractivity contribution in [3.63, 3.8) is 0 Å². The first-order chi connectivity index (χ1) is 6.66. The van der Waals surface area contributed by atoms with Crippen LogP contribution in [0.25, 0.3) is 0 Å². The van der Waals surface area contributed by atoms with Crippen molar-refractivity contribution in [3.05, 3.63) is 22.7 Å². The Labute approximate surface area is 85.3 Å². The second-order valence-electron chi connectivity index (χ2n) is 3.03. The highest BCUT2D eigenvalue weighted by Crippen LogP contribution is 2.30. The molecular weight excluding hydrogens is 202 g/mol. The fourth-order valence-corrected chi connectivity index (χ4v) is 2.19. The van der Waals surface area contributed by atoms with Gasteiger partial charge in [0.25, 0.3) is 0 Å². The third-order valence-electron chi connectivity index (χ3n) is 1.98. The van der Waals surface area contributed by atoms with Crippen molar-refractivity contribution < 1.29 is 4.74 Å². The van der Waals surface area contributed by atoms with Crippen LogP contribution in [-0.4, -0.2) is 20.7 Å². The van der Waals surface area contributed by atoms with Crippen LogP contribution in [0.3, 0.4) is 0 Å². The Balaban J connectivity index is 2.29. The molecule has 6 heteroatoms. The molecule has 0 spiro atoms. The number of nitrogens with two attached hydrogens (primary N) is 1. The topological polar surface area (TPSA) is 70.1 Å². The van der Waals surface area contributed by atoms with Crippen LogP contribution in [0.1, 0.15) is 13.2 Å². The van der Waals surface area contributed by atoms with E-state index in [1.807, 2.05) is 6.92 Å². The predicted octanol–water partition coefficient (Wildman–Crippen LogP) is 0.433. The molecule has 2 atom stereocenters. The minimum atomic E-state index is -0.357. The Hall–Kier alpha value is -1.01. The molecule has 0 saturated carbocycles. The molecule has 5 nitrogen and oxygen atoms in total. The Morgan fingerprint density at radius 2 is 2.57 bits per heavy atom. The molecule has 0 aromatic carbocycles. The number of hydrogen-bond acceptors (Lipinski definition) is 5. The van der Waals surface area contributed by atoms with Crippen LogP contribution < -0.4 is 11.4 Å². The van der Waals surface area contributed by atoms with Gasteiger partial charge in [0.15, 0.2) is 0 Å². The van der Waals surface area contributed by atoms with E-state index in [1.165, 1.54) is 4.57 Å². The number of aromatic nitrogens is 2. The summed E-state index contributed by atoms with van der Waals surface area (Å²) in [5.74, 6) is 1.01. The first-order valence-electron chi connectivity index (χ1n) is 4.28. The minimum Gasteiger partial charge on any atom is -0.383 e. The van der Waals surface area contributed by atoms with Gasteiger partial charge < -0.3 is 10.5 Å². The highest BCUT2D eigenvalue weighted by atomic mass is 32.2. The molecule has 1 fully saturated rings. The van der Waals surface area contributed by atoms with E-state index in [9.17, 15) is 4.79 Å². The minimum absolute atomic E-state index is 0.129. The van der Waals surface area contributed by atoms with Crippen LogP contribution in [0, 0.1) is 0 Å². The van der Waals surface area contributed by atoms with Crippen molar-refractivity contribution in [3.8, 4) is 0 Å². The zero-order valence-electron chi connectivity index (χ0n) is 7.71. The molecule has 0 amide bonds. The normalized spacial score (nSPS) is 26.6. The van der Waals surface area contributed by atoms with Gasteiger partial charge in [-0.15, -0.1) is 11.8 Å². The van der Waals surface area contributed by atoms with Gasteiger partial charge in [-0.3, -0.25) is 4.57 Å². The first-order valence-corrected chi connectivity index (χ1v) is 5.33. The Morgan fingerprint density at radius 3 is 3.14 bits per heavy atom. The molecule has 1 aliphatic heterocycles. The second-order valence-corrected chi connectivity index (χ2v) is 4.36. The maximum atomic E-state index is 11.4. The number of rotatable bonds is 1. The molecule has 14 heavy (non-hydrogen) atoms. The van der Waals surface area contributed by atoms with Gasteiger partial charge in [-0.1, -0.05) is 0 Å². The van der Waals surface area contributed by atoms with Crippen molar-refractivity contribution in [2.24, 2.45) is 0 Å². The fourth-order valence-electron chi connectivity index (χ4n) is 1.31. The van der Waals surface area contributed by atoms with Crippen LogP contribution >= 0.6 is 11.8 Å². The molecule has 1 aliphatic rings. The monoisotopic (exact) mass is 213 g/mol. The number of nitrogens with zero attached hydrogens (tertiary/aromatic N) is 2.